The number of hydrogen-bond donors (Lipinski definition) is 1. The normalized spacial score (nSPS) is 12.3. The molecule has 0 radical (unpaired) electrons. The van der Waals surface area contributed by atoms with E-state index in [2.05, 4.69) is 9.97 Å². The molecule has 1 heterocycles. The summed E-state index contributed by atoms with van der Waals surface area (Å²) < 4.78 is 5.24. The van der Waals surface area contributed by atoms with E-state index in [0.29, 0.717) is 6.42 Å². The third kappa shape index (κ3) is 3.03. The van der Waals surface area contributed by atoms with Crippen molar-refractivity contribution in [3.63, 3.8) is 0 Å². The molecule has 3 aromatic rings. The lowest BCUT2D eigenvalue weighted by atomic mass is 10.0. The number of halogens is 1. The zero-order valence-corrected chi connectivity index (χ0v) is 12.9. The number of ether oxygens (including phenoxy) is 1. The first kappa shape index (κ1) is 14.8. The van der Waals surface area contributed by atoms with Gasteiger partial charge in [-0.25, -0.2) is 9.97 Å². The van der Waals surface area contributed by atoms with E-state index < -0.39 is 0 Å². The SMILES string of the molecule is COc1cccc(CC(N)c2nc(Cl)nc3ccccc23)c1. The van der Waals surface area contributed by atoms with Crippen molar-refractivity contribution < 1.29 is 4.74 Å². The van der Waals surface area contributed by atoms with Gasteiger partial charge in [0.2, 0.25) is 5.28 Å². The minimum absolute atomic E-state index is 0.217. The van der Waals surface area contributed by atoms with E-state index in [-0.39, 0.29) is 11.3 Å². The van der Waals surface area contributed by atoms with Gasteiger partial charge in [0.05, 0.1) is 24.4 Å². The van der Waals surface area contributed by atoms with E-state index >= 15 is 0 Å². The first-order valence-electron chi connectivity index (χ1n) is 6.98. The smallest absolute Gasteiger partial charge is 0.223 e. The predicted octanol–water partition coefficient (Wildman–Crippen LogP) is 3.53. The van der Waals surface area contributed by atoms with Crippen LogP contribution in [0.1, 0.15) is 17.3 Å². The fraction of sp³-hybridized carbons (Fsp3) is 0.176. The van der Waals surface area contributed by atoms with Crippen LogP contribution in [0.3, 0.4) is 0 Å². The van der Waals surface area contributed by atoms with Gasteiger partial charge >= 0.3 is 0 Å². The maximum atomic E-state index is 6.36. The Balaban J connectivity index is 1.96. The van der Waals surface area contributed by atoms with Gasteiger partial charge in [0, 0.05) is 5.39 Å². The highest BCUT2D eigenvalue weighted by atomic mass is 35.5. The van der Waals surface area contributed by atoms with E-state index in [1.807, 2.05) is 48.5 Å². The summed E-state index contributed by atoms with van der Waals surface area (Å²) in [7, 11) is 1.65. The maximum Gasteiger partial charge on any atom is 0.223 e. The number of nitrogens with two attached hydrogens (primary N) is 1. The number of aromatic nitrogens is 2. The van der Waals surface area contributed by atoms with Crippen LogP contribution < -0.4 is 10.5 Å². The average Bonchev–Trinajstić information content (AvgIpc) is 2.54. The van der Waals surface area contributed by atoms with Crippen molar-refractivity contribution in [1.29, 1.82) is 0 Å². The van der Waals surface area contributed by atoms with E-state index in [1.165, 1.54) is 0 Å². The lowest BCUT2D eigenvalue weighted by Crippen LogP contribution is -2.16. The van der Waals surface area contributed by atoms with E-state index in [9.17, 15) is 0 Å². The van der Waals surface area contributed by atoms with Gasteiger partial charge in [-0.1, -0.05) is 30.3 Å². The van der Waals surface area contributed by atoms with Crippen LogP contribution in [0.5, 0.6) is 5.75 Å². The number of fused-ring (bicyclic) bond motifs is 1. The molecule has 22 heavy (non-hydrogen) atoms. The van der Waals surface area contributed by atoms with Crippen molar-refractivity contribution in [2.24, 2.45) is 5.73 Å². The van der Waals surface area contributed by atoms with Crippen molar-refractivity contribution in [2.75, 3.05) is 7.11 Å². The Morgan fingerprint density at radius 1 is 1.14 bits per heavy atom. The van der Waals surface area contributed by atoms with Gasteiger partial charge in [0.1, 0.15) is 5.75 Å². The summed E-state index contributed by atoms with van der Waals surface area (Å²) in [5.74, 6) is 0.815. The molecule has 0 aliphatic heterocycles. The molecule has 0 amide bonds. The molecule has 112 valence electrons. The van der Waals surface area contributed by atoms with Crippen molar-refractivity contribution >= 4 is 22.5 Å². The van der Waals surface area contributed by atoms with Crippen LogP contribution >= 0.6 is 11.6 Å². The molecule has 1 atom stereocenters. The fourth-order valence-corrected chi connectivity index (χ4v) is 2.69. The molecule has 0 bridgehead atoms. The quantitative estimate of drug-likeness (QED) is 0.748. The van der Waals surface area contributed by atoms with Crippen LogP contribution in [0, 0.1) is 0 Å². The van der Waals surface area contributed by atoms with Gasteiger partial charge in [0.25, 0.3) is 0 Å². The van der Waals surface area contributed by atoms with E-state index in [4.69, 9.17) is 22.1 Å². The summed E-state index contributed by atoms with van der Waals surface area (Å²) in [5, 5.41) is 1.15. The highest BCUT2D eigenvalue weighted by Crippen LogP contribution is 2.25. The van der Waals surface area contributed by atoms with Gasteiger partial charge in [-0.15, -0.1) is 0 Å². The minimum atomic E-state index is -0.266. The molecule has 0 saturated heterocycles. The summed E-state index contributed by atoms with van der Waals surface area (Å²) in [6.07, 6.45) is 0.647. The Bertz CT molecular complexity index is 807. The number of rotatable bonds is 4. The van der Waals surface area contributed by atoms with E-state index in [1.54, 1.807) is 7.11 Å². The lowest BCUT2D eigenvalue weighted by molar-refractivity contribution is 0.414. The first-order chi connectivity index (χ1) is 10.7. The molecule has 5 heteroatoms. The van der Waals surface area contributed by atoms with Gasteiger partial charge in [-0.2, -0.15) is 0 Å². The highest BCUT2D eigenvalue weighted by molar-refractivity contribution is 6.28. The van der Waals surface area contributed by atoms with Crippen LogP contribution in [-0.2, 0) is 6.42 Å². The second-order valence-electron chi connectivity index (χ2n) is 5.06. The maximum absolute atomic E-state index is 6.36. The molecule has 2 aromatic carbocycles. The summed E-state index contributed by atoms with van der Waals surface area (Å²) in [6.45, 7) is 0. The number of nitrogens with zero attached hydrogens (tertiary/aromatic N) is 2. The van der Waals surface area contributed by atoms with Crippen molar-refractivity contribution in [2.45, 2.75) is 12.5 Å². The molecule has 3 rings (SSSR count). The molecule has 4 nitrogen and oxygen atoms in total. The number of methoxy groups -OCH3 is 1. The summed E-state index contributed by atoms with van der Waals surface area (Å²) in [6, 6.07) is 15.3. The molecule has 1 unspecified atom stereocenters. The van der Waals surface area contributed by atoms with Gasteiger partial charge in [-0.3, -0.25) is 0 Å². The largest absolute Gasteiger partial charge is 0.497 e. The Labute approximate surface area is 133 Å². The topological polar surface area (TPSA) is 61.0 Å². The van der Waals surface area contributed by atoms with Crippen molar-refractivity contribution in [3.05, 3.63) is 65.1 Å². The predicted molar refractivity (Wildman–Crippen MR) is 88.2 cm³/mol. The fourth-order valence-electron chi connectivity index (χ4n) is 2.50. The van der Waals surface area contributed by atoms with Crippen LogP contribution in [0.2, 0.25) is 5.28 Å². The Kier molecular flexibility index (Phi) is 4.22. The number of hydrogen-bond acceptors (Lipinski definition) is 4. The van der Waals surface area contributed by atoms with Gasteiger partial charge < -0.3 is 10.5 Å². The number of benzene rings is 2. The number of para-hydroxylation sites is 1. The minimum Gasteiger partial charge on any atom is -0.497 e. The summed E-state index contributed by atoms with van der Waals surface area (Å²) in [5.41, 5.74) is 9.02. The molecule has 0 saturated carbocycles. The third-order valence-electron chi connectivity index (χ3n) is 3.55. The second-order valence-corrected chi connectivity index (χ2v) is 5.40. The molecular weight excluding hydrogens is 298 g/mol. The van der Waals surface area contributed by atoms with Crippen LogP contribution in [-0.4, -0.2) is 17.1 Å². The molecule has 0 aliphatic carbocycles. The zero-order valence-electron chi connectivity index (χ0n) is 12.2. The third-order valence-corrected chi connectivity index (χ3v) is 3.72. The van der Waals surface area contributed by atoms with Crippen LogP contribution in [0.4, 0.5) is 0 Å². The molecule has 0 fully saturated rings. The first-order valence-corrected chi connectivity index (χ1v) is 7.36. The summed E-state index contributed by atoms with van der Waals surface area (Å²) in [4.78, 5) is 8.57. The van der Waals surface area contributed by atoms with Crippen LogP contribution in [0.25, 0.3) is 10.9 Å². The molecule has 0 spiro atoms. The Hall–Kier alpha value is -2.17. The highest BCUT2D eigenvalue weighted by Gasteiger charge is 2.14. The van der Waals surface area contributed by atoms with Gasteiger partial charge in [0.15, 0.2) is 0 Å². The Morgan fingerprint density at radius 2 is 1.95 bits per heavy atom. The lowest BCUT2D eigenvalue weighted by Gasteiger charge is -2.14. The zero-order chi connectivity index (χ0) is 15.5. The molecule has 1 aromatic heterocycles. The van der Waals surface area contributed by atoms with Crippen molar-refractivity contribution in [3.8, 4) is 5.75 Å². The second kappa shape index (κ2) is 6.30. The summed E-state index contributed by atoms with van der Waals surface area (Å²) >= 11 is 6.02. The van der Waals surface area contributed by atoms with Crippen LogP contribution in [0.15, 0.2) is 48.5 Å². The molecule has 2 N–H and O–H groups in total. The van der Waals surface area contributed by atoms with Gasteiger partial charge in [-0.05, 0) is 41.8 Å². The monoisotopic (exact) mass is 313 g/mol. The molecular formula is C17H16ClN3O. The van der Waals surface area contributed by atoms with Crippen molar-refractivity contribution in [1.82, 2.24) is 9.97 Å². The standard InChI is InChI=1S/C17H16ClN3O/c1-22-12-6-4-5-11(9-12)10-14(19)16-13-7-2-3-8-15(13)20-17(18)21-16/h2-9,14H,10,19H2,1H3. The Morgan fingerprint density at radius 3 is 2.77 bits per heavy atom. The van der Waals surface area contributed by atoms with E-state index in [0.717, 1.165) is 27.9 Å². The average molecular weight is 314 g/mol. The molecule has 0 aliphatic rings.